The molecule has 0 aliphatic carbocycles. The molecule has 0 fully saturated rings. The molecular formula is C23H25N3O4. The number of fused-ring (bicyclic) bond motifs is 2. The summed E-state index contributed by atoms with van der Waals surface area (Å²) in [5.74, 6) is 0.607. The first-order valence-corrected chi connectivity index (χ1v) is 10.0. The van der Waals surface area contributed by atoms with Crippen molar-refractivity contribution in [1.82, 2.24) is 9.88 Å². The van der Waals surface area contributed by atoms with Gasteiger partial charge in [0.2, 0.25) is 11.8 Å². The summed E-state index contributed by atoms with van der Waals surface area (Å²) >= 11 is 0. The lowest BCUT2D eigenvalue weighted by Crippen LogP contribution is -2.32. The topological polar surface area (TPSA) is 83.7 Å². The van der Waals surface area contributed by atoms with Crippen LogP contribution in [0.1, 0.15) is 17.5 Å². The first-order valence-electron chi connectivity index (χ1n) is 10.0. The van der Waals surface area contributed by atoms with E-state index in [4.69, 9.17) is 9.47 Å². The molecule has 0 unspecified atom stereocenters. The van der Waals surface area contributed by atoms with Crippen molar-refractivity contribution in [3.05, 3.63) is 59.8 Å². The largest absolute Gasteiger partial charge is 0.491 e. The molecule has 0 spiro atoms. The van der Waals surface area contributed by atoms with E-state index in [2.05, 4.69) is 16.4 Å². The number of ether oxygens (including phenoxy) is 2. The molecule has 0 atom stereocenters. The summed E-state index contributed by atoms with van der Waals surface area (Å²) in [6, 6.07) is 13.6. The van der Waals surface area contributed by atoms with Gasteiger partial charge in [0.05, 0.1) is 6.54 Å². The lowest BCUT2D eigenvalue weighted by atomic mass is 10.1. The molecule has 30 heavy (non-hydrogen) atoms. The van der Waals surface area contributed by atoms with Gasteiger partial charge in [0.25, 0.3) is 0 Å². The van der Waals surface area contributed by atoms with Crippen molar-refractivity contribution >= 4 is 28.4 Å². The summed E-state index contributed by atoms with van der Waals surface area (Å²) in [5, 5.41) is 3.95. The second-order valence-corrected chi connectivity index (χ2v) is 7.33. The summed E-state index contributed by atoms with van der Waals surface area (Å²) in [5.41, 5.74) is 3.77. The average molecular weight is 407 g/mol. The number of carbonyl (C=O) groups excluding carboxylic acids is 2. The second kappa shape index (κ2) is 9.00. The number of aromatic amines is 1. The minimum Gasteiger partial charge on any atom is -0.491 e. The van der Waals surface area contributed by atoms with Gasteiger partial charge in [0.1, 0.15) is 19.0 Å². The van der Waals surface area contributed by atoms with E-state index in [1.807, 2.05) is 41.4 Å². The van der Waals surface area contributed by atoms with Crippen molar-refractivity contribution in [3.63, 3.8) is 0 Å². The Hall–Kier alpha value is -3.32. The number of hydrogen-bond acceptors (Lipinski definition) is 4. The third-order valence-electron chi connectivity index (χ3n) is 5.24. The van der Waals surface area contributed by atoms with Crippen LogP contribution in [0.25, 0.3) is 10.9 Å². The molecule has 0 bridgehead atoms. The molecule has 1 aliphatic rings. The Morgan fingerprint density at radius 2 is 2.10 bits per heavy atom. The van der Waals surface area contributed by atoms with Gasteiger partial charge in [-0.3, -0.25) is 9.59 Å². The summed E-state index contributed by atoms with van der Waals surface area (Å²) in [7, 11) is 1.48. The van der Waals surface area contributed by atoms with E-state index in [1.54, 1.807) is 6.07 Å². The number of nitrogens with one attached hydrogen (secondary N) is 2. The molecule has 7 heteroatoms. The highest BCUT2D eigenvalue weighted by Crippen LogP contribution is 2.27. The predicted molar refractivity (Wildman–Crippen MR) is 114 cm³/mol. The molecule has 156 valence electrons. The van der Waals surface area contributed by atoms with Crippen LogP contribution in [0.4, 0.5) is 5.69 Å². The number of H-pyrrole nitrogens is 1. The Morgan fingerprint density at radius 1 is 1.23 bits per heavy atom. The number of methoxy groups -OCH3 is 1. The number of rotatable bonds is 6. The minimum absolute atomic E-state index is 0.00790. The van der Waals surface area contributed by atoms with E-state index in [-0.39, 0.29) is 18.4 Å². The third-order valence-corrected chi connectivity index (χ3v) is 5.24. The molecule has 2 heterocycles. The van der Waals surface area contributed by atoms with Crippen LogP contribution in [0.3, 0.4) is 0 Å². The molecule has 0 radical (unpaired) electrons. The van der Waals surface area contributed by atoms with Crippen LogP contribution >= 0.6 is 0 Å². The zero-order valence-electron chi connectivity index (χ0n) is 16.9. The predicted octanol–water partition coefficient (Wildman–Crippen LogP) is 3.11. The van der Waals surface area contributed by atoms with Crippen molar-refractivity contribution in [2.24, 2.45) is 0 Å². The average Bonchev–Trinajstić information content (AvgIpc) is 3.03. The molecule has 1 aromatic heterocycles. The van der Waals surface area contributed by atoms with Gasteiger partial charge in [0, 0.05) is 48.4 Å². The standard InChI is InChI=1S/C23H25N3O4/c1-29-15-22(27)25-18-7-8-21-17(12-18)14-26(10-11-30-21)23(28)9-6-16-13-24-20-5-3-2-4-19(16)20/h2-5,7-8,12-13,24H,6,9-11,14-15H2,1H3,(H,25,27). The van der Waals surface area contributed by atoms with Crippen LogP contribution in [-0.2, 0) is 27.3 Å². The van der Waals surface area contributed by atoms with E-state index in [0.29, 0.717) is 38.2 Å². The monoisotopic (exact) mass is 407 g/mol. The Balaban J connectivity index is 1.42. The van der Waals surface area contributed by atoms with Gasteiger partial charge in [-0.15, -0.1) is 0 Å². The molecule has 1 aliphatic heterocycles. The van der Waals surface area contributed by atoms with Gasteiger partial charge in [-0.25, -0.2) is 0 Å². The number of aryl methyl sites for hydroxylation is 1. The first-order chi connectivity index (χ1) is 14.6. The molecule has 2 N–H and O–H groups in total. The number of para-hydroxylation sites is 1. The van der Waals surface area contributed by atoms with Crippen molar-refractivity contribution in [2.75, 3.05) is 32.2 Å². The van der Waals surface area contributed by atoms with Crippen LogP contribution in [0.5, 0.6) is 5.75 Å². The van der Waals surface area contributed by atoms with Crippen LogP contribution in [0.15, 0.2) is 48.7 Å². The summed E-state index contributed by atoms with van der Waals surface area (Å²) in [4.78, 5) is 29.8. The highest BCUT2D eigenvalue weighted by atomic mass is 16.5. The molecule has 7 nitrogen and oxygen atoms in total. The fourth-order valence-corrected chi connectivity index (χ4v) is 3.75. The van der Waals surface area contributed by atoms with E-state index in [1.165, 1.54) is 7.11 Å². The maximum absolute atomic E-state index is 12.9. The maximum atomic E-state index is 12.9. The number of anilines is 1. The lowest BCUT2D eigenvalue weighted by Gasteiger charge is -2.20. The molecule has 2 aromatic carbocycles. The van der Waals surface area contributed by atoms with Crippen molar-refractivity contribution in [1.29, 1.82) is 0 Å². The van der Waals surface area contributed by atoms with Crippen LogP contribution in [0, 0.1) is 0 Å². The molecule has 0 saturated carbocycles. The Morgan fingerprint density at radius 3 is 2.97 bits per heavy atom. The van der Waals surface area contributed by atoms with Gasteiger partial charge < -0.3 is 24.7 Å². The highest BCUT2D eigenvalue weighted by molar-refractivity contribution is 5.92. The number of benzene rings is 2. The second-order valence-electron chi connectivity index (χ2n) is 7.33. The van der Waals surface area contributed by atoms with Gasteiger partial charge in [-0.1, -0.05) is 18.2 Å². The lowest BCUT2D eigenvalue weighted by molar-refractivity contribution is -0.131. The summed E-state index contributed by atoms with van der Waals surface area (Å²) in [6.45, 7) is 1.43. The van der Waals surface area contributed by atoms with Crippen LogP contribution in [-0.4, -0.2) is 48.6 Å². The molecule has 3 aromatic rings. The van der Waals surface area contributed by atoms with E-state index in [9.17, 15) is 9.59 Å². The van der Waals surface area contributed by atoms with Gasteiger partial charge in [-0.2, -0.15) is 0 Å². The van der Waals surface area contributed by atoms with Gasteiger partial charge in [0.15, 0.2) is 0 Å². The summed E-state index contributed by atoms with van der Waals surface area (Å²) in [6.07, 6.45) is 3.09. The Bertz CT molecular complexity index is 1060. The maximum Gasteiger partial charge on any atom is 0.250 e. The van der Waals surface area contributed by atoms with Crippen molar-refractivity contribution in [2.45, 2.75) is 19.4 Å². The SMILES string of the molecule is COCC(=O)Nc1ccc2c(c1)CN(C(=O)CCc1c[nH]c3ccccc13)CCO2. The Kier molecular flexibility index (Phi) is 5.99. The van der Waals surface area contributed by atoms with Crippen LogP contribution < -0.4 is 10.1 Å². The van der Waals surface area contributed by atoms with Crippen molar-refractivity contribution < 1.29 is 19.1 Å². The van der Waals surface area contributed by atoms with E-state index >= 15 is 0 Å². The van der Waals surface area contributed by atoms with Crippen LogP contribution in [0.2, 0.25) is 0 Å². The van der Waals surface area contributed by atoms with Gasteiger partial charge >= 0.3 is 0 Å². The van der Waals surface area contributed by atoms with Crippen molar-refractivity contribution in [3.8, 4) is 5.75 Å². The number of carbonyl (C=O) groups is 2. The number of nitrogens with zero attached hydrogens (tertiary/aromatic N) is 1. The summed E-state index contributed by atoms with van der Waals surface area (Å²) < 4.78 is 10.7. The minimum atomic E-state index is -0.223. The zero-order chi connectivity index (χ0) is 20.9. The molecule has 0 saturated heterocycles. The number of hydrogen-bond donors (Lipinski definition) is 2. The fourth-order valence-electron chi connectivity index (χ4n) is 3.75. The smallest absolute Gasteiger partial charge is 0.250 e. The quantitative estimate of drug-likeness (QED) is 0.658. The molecular weight excluding hydrogens is 382 g/mol. The van der Waals surface area contributed by atoms with E-state index < -0.39 is 0 Å². The molecule has 2 amide bonds. The third kappa shape index (κ3) is 4.46. The first kappa shape index (κ1) is 20.0. The normalized spacial score (nSPS) is 13.4. The Labute approximate surface area is 175 Å². The van der Waals surface area contributed by atoms with Gasteiger partial charge in [-0.05, 0) is 36.2 Å². The fraction of sp³-hybridized carbons (Fsp3) is 0.304. The highest BCUT2D eigenvalue weighted by Gasteiger charge is 2.20. The number of amides is 2. The zero-order valence-corrected chi connectivity index (χ0v) is 16.9. The number of aromatic nitrogens is 1. The van der Waals surface area contributed by atoms with E-state index in [0.717, 1.165) is 27.8 Å². The molecule has 4 rings (SSSR count).